The molecule has 1 aliphatic heterocycles. The number of aromatic carboxylic acids is 1. The third kappa shape index (κ3) is 5.73. The van der Waals surface area contributed by atoms with Crippen LogP contribution in [0.4, 0.5) is 11.4 Å². The fraction of sp³-hybridized carbons (Fsp3) is 0.172. The number of methoxy groups -OCH3 is 2. The molecule has 1 fully saturated rings. The Hall–Kier alpha value is -4.45. The van der Waals surface area contributed by atoms with E-state index < -0.39 is 18.1 Å². The van der Waals surface area contributed by atoms with Crippen LogP contribution in [0.5, 0.6) is 5.75 Å². The van der Waals surface area contributed by atoms with Crippen molar-refractivity contribution in [1.29, 1.82) is 0 Å². The molecule has 0 radical (unpaired) electrons. The van der Waals surface area contributed by atoms with Crippen LogP contribution < -0.4 is 20.3 Å². The standard InChI is InChI=1S/C29H25ClN4O6S/c1-38-15-25(35)32-21-14-17(7-9-23(21)39-2)34-27(26(33-29(34)41)20-5-3-4-12-31-20)24-11-10-22(40-24)18-13-16(28(36)37)6-8-19(18)30/h3-14,26-27H,15H2,1-2H3,(H,32,35)(H,33,41)(H,36,37)/t26-,27-/m1/s1. The molecule has 1 saturated heterocycles. The molecule has 1 amide bonds. The van der Waals surface area contributed by atoms with Gasteiger partial charge >= 0.3 is 5.97 Å². The molecular weight excluding hydrogens is 568 g/mol. The van der Waals surface area contributed by atoms with Crippen molar-refractivity contribution in [2.75, 3.05) is 31.0 Å². The molecule has 2 aromatic heterocycles. The number of rotatable bonds is 9. The Balaban J connectivity index is 1.60. The Kier molecular flexibility index (Phi) is 8.20. The molecule has 0 unspecified atom stereocenters. The van der Waals surface area contributed by atoms with Crippen molar-refractivity contribution in [2.45, 2.75) is 12.1 Å². The van der Waals surface area contributed by atoms with Gasteiger partial charge in [0.25, 0.3) is 0 Å². The zero-order valence-corrected chi connectivity index (χ0v) is 23.5. The number of anilines is 2. The number of carboxylic acids is 1. The molecular formula is C29H25ClN4O6S. The lowest BCUT2D eigenvalue weighted by Gasteiger charge is -2.27. The van der Waals surface area contributed by atoms with E-state index in [1.54, 1.807) is 30.5 Å². The van der Waals surface area contributed by atoms with Crippen LogP contribution in [0.1, 0.15) is 33.9 Å². The second kappa shape index (κ2) is 12.0. The monoisotopic (exact) mass is 592 g/mol. The first-order valence-electron chi connectivity index (χ1n) is 12.4. The summed E-state index contributed by atoms with van der Waals surface area (Å²) < 4.78 is 16.7. The number of aromatic nitrogens is 1. The molecule has 10 nitrogen and oxygen atoms in total. The first kappa shape index (κ1) is 28.1. The minimum Gasteiger partial charge on any atom is -0.495 e. The summed E-state index contributed by atoms with van der Waals surface area (Å²) >= 11 is 12.2. The number of hydrogen-bond acceptors (Lipinski definition) is 7. The van der Waals surface area contributed by atoms with Crippen LogP contribution in [0.3, 0.4) is 0 Å². The number of nitrogens with zero attached hydrogens (tertiary/aromatic N) is 2. The Morgan fingerprint density at radius 2 is 1.98 bits per heavy atom. The highest BCUT2D eigenvalue weighted by atomic mass is 35.5. The molecule has 0 saturated carbocycles. The summed E-state index contributed by atoms with van der Waals surface area (Å²) in [7, 11) is 2.95. The fourth-order valence-corrected chi connectivity index (χ4v) is 5.24. The van der Waals surface area contributed by atoms with E-state index in [4.69, 9.17) is 37.7 Å². The molecule has 2 aromatic carbocycles. The van der Waals surface area contributed by atoms with E-state index in [0.717, 1.165) is 5.69 Å². The average Bonchev–Trinajstić information content (AvgIpc) is 3.58. The van der Waals surface area contributed by atoms with E-state index in [9.17, 15) is 14.7 Å². The third-order valence-corrected chi connectivity index (χ3v) is 7.15. The second-order valence-electron chi connectivity index (χ2n) is 9.06. The lowest BCUT2D eigenvalue weighted by atomic mass is 10.0. The van der Waals surface area contributed by atoms with Gasteiger partial charge in [-0.3, -0.25) is 9.78 Å². The third-order valence-electron chi connectivity index (χ3n) is 6.51. The van der Waals surface area contributed by atoms with Gasteiger partial charge in [0, 0.05) is 24.6 Å². The van der Waals surface area contributed by atoms with Crippen LogP contribution in [0.25, 0.3) is 11.3 Å². The largest absolute Gasteiger partial charge is 0.495 e. The molecule has 0 spiro atoms. The lowest BCUT2D eigenvalue weighted by molar-refractivity contribution is -0.119. The highest BCUT2D eigenvalue weighted by molar-refractivity contribution is 7.80. The molecule has 5 rings (SSSR count). The summed E-state index contributed by atoms with van der Waals surface area (Å²) in [6.45, 7) is -0.123. The van der Waals surface area contributed by atoms with Gasteiger partial charge in [0.05, 0.1) is 35.1 Å². The number of ether oxygens (including phenoxy) is 2. The van der Waals surface area contributed by atoms with Crippen LogP contribution in [-0.2, 0) is 9.53 Å². The number of carbonyl (C=O) groups excluding carboxylic acids is 1. The summed E-state index contributed by atoms with van der Waals surface area (Å²) in [6.07, 6.45) is 1.70. The molecule has 210 valence electrons. The fourth-order valence-electron chi connectivity index (χ4n) is 4.69. The van der Waals surface area contributed by atoms with E-state index in [-0.39, 0.29) is 18.1 Å². The smallest absolute Gasteiger partial charge is 0.335 e. The van der Waals surface area contributed by atoms with Crippen molar-refractivity contribution in [3.8, 4) is 17.1 Å². The SMILES string of the molecule is COCC(=O)Nc1cc(N2C(=S)N[C@H](c3ccccn3)[C@H]2c2ccc(-c3cc(C(=O)O)ccc3Cl)o2)ccc1OC. The Morgan fingerprint density at radius 3 is 2.68 bits per heavy atom. The zero-order chi connectivity index (χ0) is 29.1. The molecule has 3 heterocycles. The maximum Gasteiger partial charge on any atom is 0.335 e. The average molecular weight is 593 g/mol. The predicted octanol–water partition coefficient (Wildman–Crippen LogP) is 5.46. The number of benzene rings is 2. The van der Waals surface area contributed by atoms with E-state index >= 15 is 0 Å². The van der Waals surface area contributed by atoms with Gasteiger partial charge in [-0.25, -0.2) is 4.79 Å². The predicted molar refractivity (Wildman–Crippen MR) is 158 cm³/mol. The molecule has 0 bridgehead atoms. The Bertz CT molecular complexity index is 1610. The normalized spacial score (nSPS) is 16.4. The lowest BCUT2D eigenvalue weighted by Crippen LogP contribution is -2.29. The maximum atomic E-state index is 12.3. The van der Waals surface area contributed by atoms with E-state index in [1.807, 2.05) is 29.2 Å². The molecule has 3 N–H and O–H groups in total. The number of carboxylic acid groups (broad SMARTS) is 1. The summed E-state index contributed by atoms with van der Waals surface area (Å²) in [6, 6.07) is 18.0. The Morgan fingerprint density at radius 1 is 1.15 bits per heavy atom. The Labute approximate surface area is 245 Å². The molecule has 4 aromatic rings. The van der Waals surface area contributed by atoms with E-state index in [2.05, 4.69) is 15.6 Å². The van der Waals surface area contributed by atoms with Crippen molar-refractivity contribution in [2.24, 2.45) is 0 Å². The van der Waals surface area contributed by atoms with Crippen molar-refractivity contribution in [1.82, 2.24) is 10.3 Å². The first-order chi connectivity index (χ1) is 19.8. The van der Waals surface area contributed by atoms with Gasteiger partial charge in [0.1, 0.15) is 29.9 Å². The summed E-state index contributed by atoms with van der Waals surface area (Å²) in [5.41, 5.74) is 2.35. The topological polar surface area (TPSA) is 126 Å². The number of pyridine rings is 1. The van der Waals surface area contributed by atoms with Gasteiger partial charge in [-0.15, -0.1) is 0 Å². The van der Waals surface area contributed by atoms with Crippen LogP contribution in [0.2, 0.25) is 5.02 Å². The first-order valence-corrected chi connectivity index (χ1v) is 13.2. The van der Waals surface area contributed by atoms with Crippen LogP contribution in [0.15, 0.2) is 77.3 Å². The molecule has 2 atom stereocenters. The van der Waals surface area contributed by atoms with Gasteiger partial charge in [0.15, 0.2) is 5.11 Å². The molecule has 41 heavy (non-hydrogen) atoms. The van der Waals surface area contributed by atoms with Gasteiger partial charge < -0.3 is 34.5 Å². The minimum absolute atomic E-state index is 0.0836. The summed E-state index contributed by atoms with van der Waals surface area (Å²) in [5, 5.41) is 16.4. The maximum absolute atomic E-state index is 12.3. The van der Waals surface area contributed by atoms with Crippen LogP contribution >= 0.6 is 23.8 Å². The van der Waals surface area contributed by atoms with Crippen molar-refractivity contribution >= 4 is 52.2 Å². The molecule has 0 aliphatic carbocycles. The highest BCUT2D eigenvalue weighted by Gasteiger charge is 2.43. The quantitative estimate of drug-likeness (QED) is 0.216. The summed E-state index contributed by atoms with van der Waals surface area (Å²) in [5.74, 6) is -0.0331. The van der Waals surface area contributed by atoms with E-state index in [1.165, 1.54) is 32.4 Å². The number of furan rings is 1. The number of halogens is 1. The van der Waals surface area contributed by atoms with Crippen molar-refractivity contribution < 1.29 is 28.6 Å². The van der Waals surface area contributed by atoms with Crippen molar-refractivity contribution in [3.05, 3.63) is 95.0 Å². The number of amides is 1. The second-order valence-corrected chi connectivity index (χ2v) is 9.86. The van der Waals surface area contributed by atoms with Crippen LogP contribution in [-0.4, -0.2) is 47.9 Å². The number of hydrogen-bond donors (Lipinski definition) is 3. The van der Waals surface area contributed by atoms with Crippen LogP contribution in [0, 0.1) is 0 Å². The van der Waals surface area contributed by atoms with Gasteiger partial charge in [-0.1, -0.05) is 17.7 Å². The molecule has 1 aliphatic rings. The number of carbonyl (C=O) groups is 2. The highest BCUT2D eigenvalue weighted by Crippen LogP contribution is 2.44. The van der Waals surface area contributed by atoms with E-state index in [0.29, 0.717) is 44.3 Å². The molecule has 12 heteroatoms. The van der Waals surface area contributed by atoms with Gasteiger partial charge in [0.2, 0.25) is 5.91 Å². The number of nitrogens with one attached hydrogen (secondary N) is 2. The number of thiocarbonyl (C=S) groups is 1. The minimum atomic E-state index is -1.07. The zero-order valence-electron chi connectivity index (χ0n) is 22.0. The van der Waals surface area contributed by atoms with Gasteiger partial charge in [-0.05, 0) is 72.9 Å². The van der Waals surface area contributed by atoms with Crippen molar-refractivity contribution in [3.63, 3.8) is 0 Å². The summed E-state index contributed by atoms with van der Waals surface area (Å²) in [4.78, 5) is 30.3. The van der Waals surface area contributed by atoms with Gasteiger partial charge in [-0.2, -0.15) is 0 Å².